The zero-order valence-electron chi connectivity index (χ0n) is 10.4. The van der Waals surface area contributed by atoms with Gasteiger partial charge in [0.1, 0.15) is 0 Å². The molecule has 0 saturated heterocycles. The fourth-order valence-corrected chi connectivity index (χ4v) is 2.91. The SMILES string of the molecule is ClC1CCCCCC1NCCc1ccccc1. The molecule has 1 nitrogen and oxygen atoms in total. The predicted octanol–water partition coefficient (Wildman–Crippen LogP) is 3.76. The highest BCUT2D eigenvalue weighted by Crippen LogP contribution is 2.22. The highest BCUT2D eigenvalue weighted by Gasteiger charge is 2.20. The molecule has 0 aliphatic heterocycles. The van der Waals surface area contributed by atoms with Crippen molar-refractivity contribution in [3.63, 3.8) is 0 Å². The van der Waals surface area contributed by atoms with Gasteiger partial charge in [0.05, 0.1) is 0 Å². The van der Waals surface area contributed by atoms with Gasteiger partial charge >= 0.3 is 0 Å². The molecular formula is C15H22ClN. The van der Waals surface area contributed by atoms with Crippen LogP contribution in [0.5, 0.6) is 0 Å². The summed E-state index contributed by atoms with van der Waals surface area (Å²) < 4.78 is 0. The molecule has 2 rings (SSSR count). The Balaban J connectivity index is 1.73. The minimum atomic E-state index is 0.327. The van der Waals surface area contributed by atoms with Gasteiger partial charge in [0.2, 0.25) is 0 Å². The van der Waals surface area contributed by atoms with Gasteiger partial charge < -0.3 is 5.32 Å². The van der Waals surface area contributed by atoms with Crippen LogP contribution in [0.1, 0.15) is 37.7 Å². The maximum absolute atomic E-state index is 6.41. The molecule has 0 spiro atoms. The standard InChI is InChI=1S/C15H22ClN/c16-14-9-5-2-6-10-15(14)17-12-11-13-7-3-1-4-8-13/h1,3-4,7-8,14-15,17H,2,5-6,9-12H2. The van der Waals surface area contributed by atoms with Gasteiger partial charge in [-0.25, -0.2) is 0 Å². The van der Waals surface area contributed by atoms with E-state index in [0.717, 1.165) is 13.0 Å². The largest absolute Gasteiger partial charge is 0.312 e. The molecule has 1 saturated carbocycles. The Hall–Kier alpha value is -0.530. The first-order chi connectivity index (χ1) is 8.36. The summed E-state index contributed by atoms with van der Waals surface area (Å²) in [5.41, 5.74) is 1.40. The van der Waals surface area contributed by atoms with Crippen LogP contribution in [-0.2, 0) is 6.42 Å². The summed E-state index contributed by atoms with van der Waals surface area (Å²) >= 11 is 6.41. The van der Waals surface area contributed by atoms with Gasteiger partial charge in [0, 0.05) is 11.4 Å². The fourth-order valence-electron chi connectivity index (χ4n) is 2.54. The summed E-state index contributed by atoms with van der Waals surface area (Å²) in [7, 11) is 0. The lowest BCUT2D eigenvalue weighted by Crippen LogP contribution is -2.37. The van der Waals surface area contributed by atoms with Crippen LogP contribution in [0.3, 0.4) is 0 Å². The van der Waals surface area contributed by atoms with Crippen LogP contribution < -0.4 is 5.32 Å². The zero-order chi connectivity index (χ0) is 11.9. The monoisotopic (exact) mass is 251 g/mol. The molecule has 0 radical (unpaired) electrons. The van der Waals surface area contributed by atoms with Crippen LogP contribution in [0.25, 0.3) is 0 Å². The molecule has 1 N–H and O–H groups in total. The summed E-state index contributed by atoms with van der Waals surface area (Å²) in [6.07, 6.45) is 7.48. The van der Waals surface area contributed by atoms with E-state index in [0.29, 0.717) is 11.4 Å². The van der Waals surface area contributed by atoms with E-state index in [4.69, 9.17) is 11.6 Å². The van der Waals surface area contributed by atoms with E-state index in [9.17, 15) is 0 Å². The molecular weight excluding hydrogens is 230 g/mol. The molecule has 1 aromatic carbocycles. The quantitative estimate of drug-likeness (QED) is 0.635. The van der Waals surface area contributed by atoms with Gasteiger partial charge in [-0.05, 0) is 31.4 Å². The molecule has 94 valence electrons. The lowest BCUT2D eigenvalue weighted by atomic mass is 10.1. The summed E-state index contributed by atoms with van der Waals surface area (Å²) in [6.45, 7) is 1.04. The lowest BCUT2D eigenvalue weighted by molar-refractivity contribution is 0.468. The van der Waals surface area contributed by atoms with Crippen LogP contribution in [0.4, 0.5) is 0 Å². The van der Waals surface area contributed by atoms with Crippen molar-refractivity contribution in [1.82, 2.24) is 5.32 Å². The number of nitrogens with one attached hydrogen (secondary N) is 1. The van der Waals surface area contributed by atoms with Crippen molar-refractivity contribution in [2.45, 2.75) is 49.9 Å². The Kier molecular flexibility index (Phi) is 5.34. The Morgan fingerprint density at radius 1 is 1.06 bits per heavy atom. The van der Waals surface area contributed by atoms with Crippen molar-refractivity contribution in [3.8, 4) is 0 Å². The Morgan fingerprint density at radius 2 is 1.82 bits per heavy atom. The molecule has 1 aromatic rings. The smallest absolute Gasteiger partial charge is 0.0489 e. The first-order valence-electron chi connectivity index (χ1n) is 6.77. The normalized spacial score (nSPS) is 25.5. The van der Waals surface area contributed by atoms with Crippen molar-refractivity contribution < 1.29 is 0 Å². The number of hydrogen-bond acceptors (Lipinski definition) is 1. The second-order valence-electron chi connectivity index (χ2n) is 4.95. The van der Waals surface area contributed by atoms with Gasteiger partial charge in [-0.3, -0.25) is 0 Å². The van der Waals surface area contributed by atoms with Crippen molar-refractivity contribution in [2.75, 3.05) is 6.54 Å². The van der Waals surface area contributed by atoms with Crippen LogP contribution in [0.15, 0.2) is 30.3 Å². The molecule has 0 bridgehead atoms. The minimum absolute atomic E-state index is 0.327. The number of hydrogen-bond donors (Lipinski definition) is 1. The molecule has 2 unspecified atom stereocenters. The van der Waals surface area contributed by atoms with Gasteiger partial charge in [-0.2, -0.15) is 0 Å². The number of alkyl halides is 1. The third-order valence-electron chi connectivity index (χ3n) is 3.59. The molecule has 0 aromatic heterocycles. The van der Waals surface area contributed by atoms with Crippen LogP contribution in [0.2, 0.25) is 0 Å². The summed E-state index contributed by atoms with van der Waals surface area (Å²) in [6, 6.07) is 11.2. The average molecular weight is 252 g/mol. The predicted molar refractivity (Wildman–Crippen MR) is 74.7 cm³/mol. The number of benzene rings is 1. The molecule has 2 atom stereocenters. The van der Waals surface area contributed by atoms with E-state index in [2.05, 4.69) is 35.6 Å². The molecule has 2 heteroatoms. The van der Waals surface area contributed by atoms with Gasteiger partial charge in [-0.1, -0.05) is 49.6 Å². The van der Waals surface area contributed by atoms with Crippen molar-refractivity contribution in [2.24, 2.45) is 0 Å². The highest BCUT2D eigenvalue weighted by molar-refractivity contribution is 6.21. The summed E-state index contributed by atoms with van der Waals surface area (Å²) in [5, 5.41) is 3.95. The van der Waals surface area contributed by atoms with Crippen molar-refractivity contribution in [1.29, 1.82) is 0 Å². The first-order valence-corrected chi connectivity index (χ1v) is 7.21. The van der Waals surface area contributed by atoms with Crippen LogP contribution in [-0.4, -0.2) is 18.0 Å². The van der Waals surface area contributed by atoms with E-state index in [1.807, 2.05) is 0 Å². The topological polar surface area (TPSA) is 12.0 Å². The van der Waals surface area contributed by atoms with E-state index >= 15 is 0 Å². The maximum Gasteiger partial charge on any atom is 0.0489 e. The lowest BCUT2D eigenvalue weighted by Gasteiger charge is -2.21. The molecule has 1 fully saturated rings. The minimum Gasteiger partial charge on any atom is -0.312 e. The molecule has 0 heterocycles. The molecule has 17 heavy (non-hydrogen) atoms. The molecule has 1 aliphatic rings. The fraction of sp³-hybridized carbons (Fsp3) is 0.600. The second kappa shape index (κ2) is 7.03. The van der Waals surface area contributed by atoms with E-state index in [1.165, 1.54) is 37.7 Å². The molecule has 1 aliphatic carbocycles. The van der Waals surface area contributed by atoms with E-state index in [1.54, 1.807) is 0 Å². The van der Waals surface area contributed by atoms with Gasteiger partial charge in [0.25, 0.3) is 0 Å². The van der Waals surface area contributed by atoms with Gasteiger partial charge in [0.15, 0.2) is 0 Å². The van der Waals surface area contributed by atoms with Gasteiger partial charge in [-0.15, -0.1) is 11.6 Å². The zero-order valence-corrected chi connectivity index (χ0v) is 11.1. The summed E-state index contributed by atoms with van der Waals surface area (Å²) in [5.74, 6) is 0. The van der Waals surface area contributed by atoms with E-state index in [-0.39, 0.29) is 0 Å². The number of halogens is 1. The summed E-state index contributed by atoms with van der Waals surface area (Å²) in [4.78, 5) is 0. The van der Waals surface area contributed by atoms with Crippen LogP contribution in [0, 0.1) is 0 Å². The maximum atomic E-state index is 6.41. The average Bonchev–Trinajstić information content (AvgIpc) is 2.56. The van der Waals surface area contributed by atoms with Crippen molar-refractivity contribution >= 4 is 11.6 Å². The van der Waals surface area contributed by atoms with Crippen LogP contribution >= 0.6 is 11.6 Å². The van der Waals surface area contributed by atoms with Crippen molar-refractivity contribution in [3.05, 3.63) is 35.9 Å². The first kappa shape index (κ1) is 12.9. The second-order valence-corrected chi connectivity index (χ2v) is 5.51. The van der Waals surface area contributed by atoms with E-state index < -0.39 is 0 Å². The highest BCUT2D eigenvalue weighted by atomic mass is 35.5. The third kappa shape index (κ3) is 4.33. The molecule has 0 amide bonds. The Morgan fingerprint density at radius 3 is 2.65 bits per heavy atom. The Bertz CT molecular complexity index is 312. The number of rotatable bonds is 4. The Labute approximate surface area is 110 Å². The third-order valence-corrected chi connectivity index (χ3v) is 4.12.